The van der Waals surface area contributed by atoms with E-state index in [0.29, 0.717) is 11.6 Å². The first-order valence-electron chi connectivity index (χ1n) is 10.4. The molecule has 1 fully saturated rings. The van der Waals surface area contributed by atoms with Gasteiger partial charge in [0, 0.05) is 36.5 Å². The second kappa shape index (κ2) is 8.07. The van der Waals surface area contributed by atoms with Crippen molar-refractivity contribution in [3.05, 3.63) is 53.9 Å². The van der Waals surface area contributed by atoms with Crippen molar-refractivity contribution in [3.8, 4) is 22.6 Å². The van der Waals surface area contributed by atoms with E-state index in [4.69, 9.17) is 4.74 Å². The summed E-state index contributed by atoms with van der Waals surface area (Å²) in [5, 5.41) is 26.2. The number of phenolic OH excluding ortho intramolecular Hbond substituents is 2. The number of aromatic nitrogens is 2. The normalized spacial score (nSPS) is 23.0. The van der Waals surface area contributed by atoms with Crippen LogP contribution in [0.3, 0.4) is 0 Å². The second-order valence-corrected chi connectivity index (χ2v) is 8.51. The quantitative estimate of drug-likeness (QED) is 0.688. The highest BCUT2D eigenvalue weighted by Gasteiger charge is 2.30. The Morgan fingerprint density at radius 3 is 2.48 bits per heavy atom. The predicted octanol–water partition coefficient (Wildman–Crippen LogP) is 5.33. The summed E-state index contributed by atoms with van der Waals surface area (Å²) in [6.45, 7) is 9.79. The molecule has 1 aromatic heterocycles. The summed E-state index contributed by atoms with van der Waals surface area (Å²) < 4.78 is 7.41. The van der Waals surface area contributed by atoms with Gasteiger partial charge in [-0.15, -0.1) is 0 Å². The van der Waals surface area contributed by atoms with Gasteiger partial charge in [0.25, 0.3) is 0 Å². The van der Waals surface area contributed by atoms with Gasteiger partial charge in [0.15, 0.2) is 0 Å². The molecule has 0 bridgehead atoms. The Balaban J connectivity index is 1.66. The molecule has 154 valence electrons. The molecule has 1 aliphatic heterocycles. The van der Waals surface area contributed by atoms with Crippen LogP contribution >= 0.6 is 0 Å². The molecule has 1 saturated heterocycles. The van der Waals surface area contributed by atoms with E-state index >= 15 is 0 Å². The van der Waals surface area contributed by atoms with Crippen molar-refractivity contribution in [1.82, 2.24) is 9.78 Å². The number of aromatic hydroxyl groups is 2. The van der Waals surface area contributed by atoms with Crippen molar-refractivity contribution in [2.45, 2.75) is 51.5 Å². The molecule has 1 aliphatic carbocycles. The van der Waals surface area contributed by atoms with Crippen molar-refractivity contribution in [2.24, 2.45) is 5.92 Å². The molecule has 2 atom stereocenters. The molecular weight excluding hydrogens is 364 g/mol. The number of phenols is 2. The number of hydrogen-bond donors (Lipinski definition) is 2. The topological polar surface area (TPSA) is 67.5 Å². The van der Waals surface area contributed by atoms with E-state index in [1.165, 1.54) is 5.57 Å². The van der Waals surface area contributed by atoms with Gasteiger partial charge in [-0.1, -0.05) is 23.8 Å². The van der Waals surface area contributed by atoms with E-state index < -0.39 is 0 Å². The third-order valence-corrected chi connectivity index (χ3v) is 6.35. The first-order chi connectivity index (χ1) is 13.9. The van der Waals surface area contributed by atoms with Gasteiger partial charge in [-0.25, -0.2) is 0 Å². The summed E-state index contributed by atoms with van der Waals surface area (Å²) >= 11 is 0. The molecule has 2 aromatic rings. The van der Waals surface area contributed by atoms with Crippen LogP contribution in [0.5, 0.6) is 11.5 Å². The Morgan fingerprint density at radius 2 is 1.83 bits per heavy atom. The summed E-state index contributed by atoms with van der Waals surface area (Å²) in [5.41, 5.74) is 4.62. The SMILES string of the molecule is C=C(C)[C@@H]1CCC(C)=C[C@H]1c1c(O)cc(-c2cnn(C3CCOCC3)c2)cc1O. The number of benzene rings is 1. The van der Waals surface area contributed by atoms with Crippen molar-refractivity contribution < 1.29 is 14.9 Å². The largest absolute Gasteiger partial charge is 0.507 e. The maximum Gasteiger partial charge on any atom is 0.123 e. The van der Waals surface area contributed by atoms with Crippen LogP contribution in [0.15, 0.2) is 48.3 Å². The molecule has 0 amide bonds. The Labute approximate surface area is 172 Å². The van der Waals surface area contributed by atoms with Gasteiger partial charge in [0.2, 0.25) is 0 Å². The van der Waals surface area contributed by atoms with Crippen molar-refractivity contribution in [3.63, 3.8) is 0 Å². The summed E-state index contributed by atoms with van der Waals surface area (Å²) in [5.74, 6) is 0.417. The van der Waals surface area contributed by atoms with Gasteiger partial charge < -0.3 is 14.9 Å². The summed E-state index contributed by atoms with van der Waals surface area (Å²) in [7, 11) is 0. The molecular formula is C24H30N2O3. The van der Waals surface area contributed by atoms with Gasteiger partial charge in [-0.2, -0.15) is 5.10 Å². The van der Waals surface area contributed by atoms with E-state index in [-0.39, 0.29) is 23.3 Å². The lowest BCUT2D eigenvalue weighted by Crippen LogP contribution is -2.19. The summed E-state index contributed by atoms with van der Waals surface area (Å²) in [4.78, 5) is 0. The number of allylic oxidation sites excluding steroid dienone is 3. The van der Waals surface area contributed by atoms with Gasteiger partial charge in [0.1, 0.15) is 11.5 Å². The molecule has 5 nitrogen and oxygen atoms in total. The van der Waals surface area contributed by atoms with Gasteiger partial charge in [-0.05, 0) is 63.1 Å². The molecule has 0 unspecified atom stereocenters. The molecule has 29 heavy (non-hydrogen) atoms. The second-order valence-electron chi connectivity index (χ2n) is 8.51. The van der Waals surface area contributed by atoms with Crippen molar-refractivity contribution in [1.29, 1.82) is 0 Å². The third-order valence-electron chi connectivity index (χ3n) is 6.35. The molecule has 2 heterocycles. The first-order valence-corrected chi connectivity index (χ1v) is 10.4. The average molecular weight is 395 g/mol. The highest BCUT2D eigenvalue weighted by atomic mass is 16.5. The summed E-state index contributed by atoms with van der Waals surface area (Å²) in [6, 6.07) is 3.83. The van der Waals surface area contributed by atoms with Crippen LogP contribution in [0.2, 0.25) is 0 Å². The fourth-order valence-corrected chi connectivity index (χ4v) is 4.67. The van der Waals surface area contributed by atoms with Crippen LogP contribution in [0.1, 0.15) is 57.1 Å². The van der Waals surface area contributed by atoms with E-state index in [2.05, 4.69) is 24.7 Å². The molecule has 2 aliphatic rings. The molecule has 1 aromatic carbocycles. The summed E-state index contributed by atoms with van der Waals surface area (Å²) in [6.07, 6.45) is 9.87. The molecule has 5 heteroatoms. The zero-order chi connectivity index (χ0) is 20.5. The minimum atomic E-state index is -0.0553. The monoisotopic (exact) mass is 394 g/mol. The highest BCUT2D eigenvalue weighted by molar-refractivity contribution is 5.68. The van der Waals surface area contributed by atoms with Crippen molar-refractivity contribution >= 4 is 0 Å². The van der Waals surface area contributed by atoms with E-state index in [1.54, 1.807) is 18.3 Å². The lowest BCUT2D eigenvalue weighted by Gasteiger charge is -2.31. The Bertz CT molecular complexity index is 914. The third kappa shape index (κ3) is 3.97. The van der Waals surface area contributed by atoms with Gasteiger partial charge >= 0.3 is 0 Å². The van der Waals surface area contributed by atoms with E-state index in [1.807, 2.05) is 17.8 Å². The zero-order valence-electron chi connectivity index (χ0n) is 17.3. The maximum atomic E-state index is 10.9. The fraction of sp³-hybridized carbons (Fsp3) is 0.458. The lowest BCUT2D eigenvalue weighted by molar-refractivity contribution is 0.0662. The van der Waals surface area contributed by atoms with E-state index in [0.717, 1.165) is 55.6 Å². The fourth-order valence-electron chi connectivity index (χ4n) is 4.67. The predicted molar refractivity (Wildman–Crippen MR) is 114 cm³/mol. The molecule has 4 rings (SSSR count). The van der Waals surface area contributed by atoms with Crippen LogP contribution in [0, 0.1) is 5.92 Å². The average Bonchev–Trinajstić information content (AvgIpc) is 3.18. The number of rotatable bonds is 4. The lowest BCUT2D eigenvalue weighted by atomic mass is 9.73. The Hall–Kier alpha value is -2.53. The highest BCUT2D eigenvalue weighted by Crippen LogP contribution is 2.47. The van der Waals surface area contributed by atoms with Crippen molar-refractivity contribution in [2.75, 3.05) is 13.2 Å². The van der Waals surface area contributed by atoms with Gasteiger partial charge in [-0.3, -0.25) is 4.68 Å². The maximum absolute atomic E-state index is 10.9. The Morgan fingerprint density at radius 1 is 1.14 bits per heavy atom. The molecule has 2 N–H and O–H groups in total. The van der Waals surface area contributed by atoms with E-state index in [9.17, 15) is 10.2 Å². The van der Waals surface area contributed by atoms with Crippen LogP contribution < -0.4 is 0 Å². The zero-order valence-corrected chi connectivity index (χ0v) is 17.3. The molecule has 0 saturated carbocycles. The van der Waals surface area contributed by atoms with Crippen LogP contribution in [-0.2, 0) is 4.74 Å². The standard InChI is InChI=1S/C24H30N2O3/c1-15(2)20-5-4-16(3)10-21(20)24-22(27)11-17(12-23(24)28)18-13-25-26(14-18)19-6-8-29-9-7-19/h10-14,19-21,27-28H,1,4-9H2,2-3H3/t20-,21+/m0/s1. The first kappa shape index (κ1) is 19.8. The van der Waals surface area contributed by atoms with Crippen LogP contribution in [0.25, 0.3) is 11.1 Å². The minimum Gasteiger partial charge on any atom is -0.507 e. The molecule has 0 spiro atoms. The van der Waals surface area contributed by atoms with Gasteiger partial charge in [0.05, 0.1) is 12.2 Å². The van der Waals surface area contributed by atoms with Crippen LogP contribution in [0.4, 0.5) is 0 Å². The van der Waals surface area contributed by atoms with Crippen LogP contribution in [-0.4, -0.2) is 33.2 Å². The number of hydrogen-bond acceptors (Lipinski definition) is 4. The molecule has 0 radical (unpaired) electrons. The minimum absolute atomic E-state index is 0.0553. The number of ether oxygens (including phenoxy) is 1. The Kier molecular flexibility index (Phi) is 5.50. The smallest absolute Gasteiger partial charge is 0.123 e. The number of nitrogens with zero attached hydrogens (tertiary/aromatic N) is 2.